The molecule has 1 unspecified atom stereocenters. The van der Waals surface area contributed by atoms with Gasteiger partial charge in [-0.25, -0.2) is 4.39 Å². The molecule has 0 aromatic heterocycles. The highest BCUT2D eigenvalue weighted by atomic mass is 19.4. The van der Waals surface area contributed by atoms with Crippen molar-refractivity contribution in [3.8, 4) is 11.1 Å². The second kappa shape index (κ2) is 10.2. The first kappa shape index (κ1) is 28.9. The van der Waals surface area contributed by atoms with E-state index in [1.54, 1.807) is 0 Å². The first-order valence-electron chi connectivity index (χ1n) is 11.5. The highest BCUT2D eigenvalue weighted by Crippen LogP contribution is 2.37. The molecular weight excluding hydrogens is 507 g/mol. The van der Waals surface area contributed by atoms with Crippen molar-refractivity contribution in [3.63, 3.8) is 0 Å². The van der Waals surface area contributed by atoms with E-state index < -0.39 is 54.2 Å². The van der Waals surface area contributed by atoms with E-state index in [1.807, 2.05) is 0 Å². The molecule has 0 spiro atoms. The lowest BCUT2D eigenvalue weighted by Crippen LogP contribution is -2.55. The van der Waals surface area contributed by atoms with E-state index in [1.165, 1.54) is 36.4 Å². The number of aliphatic hydroxyl groups excluding tert-OH is 1. The SMILES string of the molecule is CC(C)(F)C[C@H](N[C@@H](c1ccc(-c2ccc(C(O)C(F)(F)F)cc2)cc1)C(F)(F)F)C(=O)NC1(N)CC1. The third-order valence-electron chi connectivity index (χ3n) is 5.98. The minimum absolute atomic E-state index is 0.247. The molecule has 3 rings (SSSR count). The van der Waals surface area contributed by atoms with Gasteiger partial charge in [0.2, 0.25) is 5.91 Å². The zero-order valence-corrected chi connectivity index (χ0v) is 20.1. The molecule has 37 heavy (non-hydrogen) atoms. The number of hydrogen-bond donors (Lipinski definition) is 4. The summed E-state index contributed by atoms with van der Waals surface area (Å²) >= 11 is 0. The summed E-state index contributed by atoms with van der Waals surface area (Å²) in [7, 11) is 0. The molecule has 5 N–H and O–H groups in total. The predicted molar refractivity (Wildman–Crippen MR) is 123 cm³/mol. The molecule has 1 saturated carbocycles. The molecule has 0 radical (unpaired) electrons. The predicted octanol–water partition coefficient (Wildman–Crippen LogP) is 5.21. The van der Waals surface area contributed by atoms with E-state index in [9.17, 15) is 40.6 Å². The Balaban J connectivity index is 1.83. The number of hydrogen-bond acceptors (Lipinski definition) is 4. The zero-order chi connectivity index (χ0) is 27.8. The van der Waals surface area contributed by atoms with E-state index in [4.69, 9.17) is 5.73 Å². The first-order chi connectivity index (χ1) is 16.9. The molecule has 204 valence electrons. The lowest BCUT2D eigenvalue weighted by Gasteiger charge is -2.30. The van der Waals surface area contributed by atoms with Crippen LogP contribution in [0.2, 0.25) is 0 Å². The third-order valence-corrected chi connectivity index (χ3v) is 5.98. The van der Waals surface area contributed by atoms with Crippen molar-refractivity contribution in [3.05, 3.63) is 59.7 Å². The molecule has 5 nitrogen and oxygen atoms in total. The number of carbonyl (C=O) groups is 1. The van der Waals surface area contributed by atoms with Gasteiger partial charge in [-0.05, 0) is 48.9 Å². The van der Waals surface area contributed by atoms with Crippen LogP contribution in [0.5, 0.6) is 0 Å². The number of halogens is 7. The molecule has 0 bridgehead atoms. The van der Waals surface area contributed by atoms with Gasteiger partial charge in [0.05, 0.1) is 11.7 Å². The van der Waals surface area contributed by atoms with E-state index in [0.717, 1.165) is 26.0 Å². The molecule has 1 aliphatic carbocycles. The van der Waals surface area contributed by atoms with Crippen LogP contribution >= 0.6 is 0 Å². The second-order valence-corrected chi connectivity index (χ2v) is 9.95. The number of carbonyl (C=O) groups excluding carboxylic acids is 1. The van der Waals surface area contributed by atoms with Gasteiger partial charge in [-0.3, -0.25) is 10.1 Å². The molecule has 0 aliphatic heterocycles. The van der Waals surface area contributed by atoms with Crippen LogP contribution in [0.1, 0.15) is 56.4 Å². The Morgan fingerprint density at radius 1 is 0.892 bits per heavy atom. The average Bonchev–Trinajstić information content (AvgIpc) is 3.50. The van der Waals surface area contributed by atoms with Gasteiger partial charge in [-0.2, -0.15) is 26.3 Å². The van der Waals surface area contributed by atoms with Gasteiger partial charge in [0, 0.05) is 6.42 Å². The fourth-order valence-electron chi connectivity index (χ4n) is 3.80. The van der Waals surface area contributed by atoms with Gasteiger partial charge in [-0.1, -0.05) is 48.5 Å². The summed E-state index contributed by atoms with van der Waals surface area (Å²) < 4.78 is 94.5. The number of nitrogens with two attached hydrogens (primary N) is 1. The average molecular weight is 536 g/mol. The van der Waals surface area contributed by atoms with Gasteiger partial charge in [0.15, 0.2) is 6.10 Å². The van der Waals surface area contributed by atoms with Crippen molar-refractivity contribution in [2.24, 2.45) is 5.73 Å². The van der Waals surface area contributed by atoms with Gasteiger partial charge in [0.25, 0.3) is 0 Å². The Bertz CT molecular complexity index is 1070. The molecular formula is C25H28F7N3O2. The van der Waals surface area contributed by atoms with Crippen molar-refractivity contribution in [2.75, 3.05) is 0 Å². The zero-order valence-electron chi connectivity index (χ0n) is 20.1. The number of rotatable bonds is 9. The van der Waals surface area contributed by atoms with E-state index in [-0.39, 0.29) is 11.1 Å². The van der Waals surface area contributed by atoms with E-state index >= 15 is 0 Å². The summed E-state index contributed by atoms with van der Waals surface area (Å²) in [6.45, 7) is 2.31. The molecule has 3 atom stereocenters. The molecule has 0 heterocycles. The minimum Gasteiger partial charge on any atom is -0.379 e. The third kappa shape index (κ3) is 7.89. The van der Waals surface area contributed by atoms with Gasteiger partial charge in [0.1, 0.15) is 11.7 Å². The molecule has 0 saturated heterocycles. The smallest absolute Gasteiger partial charge is 0.379 e. The molecule has 1 fully saturated rings. The van der Waals surface area contributed by atoms with Crippen LogP contribution in [-0.4, -0.2) is 40.7 Å². The van der Waals surface area contributed by atoms with Crippen LogP contribution in [0, 0.1) is 0 Å². The minimum atomic E-state index is -4.84. The Hall–Kier alpha value is -2.70. The van der Waals surface area contributed by atoms with Crippen LogP contribution < -0.4 is 16.4 Å². The van der Waals surface area contributed by atoms with Gasteiger partial charge >= 0.3 is 12.4 Å². The number of alkyl halides is 7. The van der Waals surface area contributed by atoms with Crippen LogP contribution in [0.3, 0.4) is 0 Å². The fourth-order valence-corrected chi connectivity index (χ4v) is 3.80. The van der Waals surface area contributed by atoms with E-state index in [2.05, 4.69) is 10.6 Å². The quantitative estimate of drug-likeness (QED) is 0.262. The topological polar surface area (TPSA) is 87.4 Å². The van der Waals surface area contributed by atoms with Crippen LogP contribution in [0.25, 0.3) is 11.1 Å². The summed E-state index contributed by atoms with van der Waals surface area (Å²) in [5.41, 5.74) is 3.10. The Kier molecular flexibility index (Phi) is 7.97. The monoisotopic (exact) mass is 535 g/mol. The number of aliphatic hydroxyl groups is 1. The number of benzene rings is 2. The largest absolute Gasteiger partial charge is 0.418 e. The highest BCUT2D eigenvalue weighted by molar-refractivity contribution is 5.83. The summed E-state index contributed by atoms with van der Waals surface area (Å²) in [4.78, 5) is 12.7. The van der Waals surface area contributed by atoms with Crippen molar-refractivity contribution in [1.82, 2.24) is 10.6 Å². The Morgan fingerprint density at radius 3 is 1.73 bits per heavy atom. The number of amides is 1. The lowest BCUT2D eigenvalue weighted by molar-refractivity contribution is -0.206. The van der Waals surface area contributed by atoms with Gasteiger partial charge in [-0.15, -0.1) is 0 Å². The van der Waals surface area contributed by atoms with Crippen LogP contribution in [-0.2, 0) is 4.79 Å². The Morgan fingerprint density at radius 2 is 1.35 bits per heavy atom. The van der Waals surface area contributed by atoms with Crippen LogP contribution in [0.15, 0.2) is 48.5 Å². The van der Waals surface area contributed by atoms with Crippen molar-refractivity contribution in [1.29, 1.82) is 0 Å². The van der Waals surface area contributed by atoms with Crippen molar-refractivity contribution >= 4 is 5.91 Å². The highest BCUT2D eigenvalue weighted by Gasteiger charge is 2.46. The van der Waals surface area contributed by atoms with Crippen LogP contribution in [0.4, 0.5) is 30.7 Å². The van der Waals surface area contributed by atoms with Gasteiger partial charge < -0.3 is 16.2 Å². The molecule has 2 aromatic carbocycles. The number of nitrogens with one attached hydrogen (secondary N) is 2. The van der Waals surface area contributed by atoms with Crippen molar-refractivity contribution in [2.45, 2.75) is 75.0 Å². The summed E-state index contributed by atoms with van der Waals surface area (Å²) in [5, 5.41) is 14.1. The molecule has 1 aliphatic rings. The maximum atomic E-state index is 14.4. The molecule has 12 heteroatoms. The molecule has 1 amide bonds. The Labute approximate surface area is 209 Å². The van der Waals surface area contributed by atoms with Crippen molar-refractivity contribution < 1.29 is 40.6 Å². The lowest BCUT2D eigenvalue weighted by atomic mass is 9.96. The maximum absolute atomic E-state index is 14.4. The molecule has 2 aromatic rings. The fraction of sp³-hybridized carbons (Fsp3) is 0.480. The standard InChI is InChI=1S/C25H28F7N3O2/c1-22(2,26)13-18(21(37)35-23(33)11-12-23)34-19(24(27,28)29)16-7-3-14(4-8-16)15-5-9-17(10-6-15)20(36)25(30,31)32/h3-10,18-20,34,36H,11-13,33H2,1-2H3,(H,35,37)/t18-,19-,20?/m0/s1. The van der Waals surface area contributed by atoms with E-state index in [0.29, 0.717) is 24.0 Å². The second-order valence-electron chi connectivity index (χ2n) is 9.95. The normalized spacial score (nSPS) is 18.1. The maximum Gasteiger partial charge on any atom is 0.418 e. The summed E-state index contributed by atoms with van der Waals surface area (Å²) in [6.07, 6.45) is -11.9. The summed E-state index contributed by atoms with van der Waals surface area (Å²) in [6, 6.07) is 5.96. The first-order valence-corrected chi connectivity index (χ1v) is 11.5. The summed E-state index contributed by atoms with van der Waals surface area (Å²) in [5.74, 6) is -0.835.